The molecule has 1 atom stereocenters. The van der Waals surface area contributed by atoms with E-state index in [-0.39, 0.29) is 6.04 Å². The minimum Gasteiger partial charge on any atom is -0.370 e. The molecule has 2 aromatic heterocycles. The summed E-state index contributed by atoms with van der Waals surface area (Å²) in [5.41, 5.74) is 1.97. The maximum Gasteiger partial charge on any atom is 0.139 e. The molecule has 0 bridgehead atoms. The van der Waals surface area contributed by atoms with Gasteiger partial charge in [-0.05, 0) is 27.7 Å². The van der Waals surface area contributed by atoms with Gasteiger partial charge in [0, 0.05) is 18.2 Å². The van der Waals surface area contributed by atoms with Gasteiger partial charge in [-0.15, -0.1) is 0 Å². The zero-order chi connectivity index (χ0) is 13.8. The zero-order valence-corrected chi connectivity index (χ0v) is 11.7. The minimum absolute atomic E-state index is 0.0793. The third-order valence-electron chi connectivity index (χ3n) is 2.91. The van der Waals surface area contributed by atoms with Crippen LogP contribution in [0.25, 0.3) is 0 Å². The maximum atomic E-state index is 5.18. The van der Waals surface area contributed by atoms with E-state index in [2.05, 4.69) is 32.7 Å². The summed E-state index contributed by atoms with van der Waals surface area (Å²) in [7, 11) is 0. The molecule has 2 heterocycles. The number of aromatic nitrogens is 3. The Bertz CT molecular complexity index is 532. The standard InChI is InChI=1S/C13H19N5O/c1-5-14-11-6-12(16-7-15-11)17-8(2)13-9(3)18-19-10(13)4/h6-8H,5H2,1-4H3,(H2,14,15,16,17). The van der Waals surface area contributed by atoms with Gasteiger partial charge in [0.25, 0.3) is 0 Å². The summed E-state index contributed by atoms with van der Waals surface area (Å²) in [5, 5.41) is 10.5. The van der Waals surface area contributed by atoms with Crippen LogP contribution in [0, 0.1) is 13.8 Å². The quantitative estimate of drug-likeness (QED) is 0.861. The van der Waals surface area contributed by atoms with E-state index >= 15 is 0 Å². The van der Waals surface area contributed by atoms with Gasteiger partial charge >= 0.3 is 0 Å². The summed E-state index contributed by atoms with van der Waals surface area (Å²) in [6, 6.07) is 1.97. The lowest BCUT2D eigenvalue weighted by molar-refractivity contribution is 0.392. The number of nitrogens with one attached hydrogen (secondary N) is 2. The van der Waals surface area contributed by atoms with Crippen molar-refractivity contribution >= 4 is 11.6 Å². The molecule has 0 saturated carbocycles. The van der Waals surface area contributed by atoms with Gasteiger partial charge in [-0.2, -0.15) is 0 Å². The molecule has 6 heteroatoms. The van der Waals surface area contributed by atoms with E-state index in [0.29, 0.717) is 0 Å². The molecule has 102 valence electrons. The molecular weight excluding hydrogens is 242 g/mol. The lowest BCUT2D eigenvalue weighted by Crippen LogP contribution is -2.10. The molecule has 2 rings (SSSR count). The molecule has 0 radical (unpaired) electrons. The van der Waals surface area contributed by atoms with Crippen molar-refractivity contribution in [3.8, 4) is 0 Å². The van der Waals surface area contributed by atoms with Gasteiger partial charge in [0.1, 0.15) is 23.7 Å². The predicted molar refractivity (Wildman–Crippen MR) is 74.2 cm³/mol. The first-order chi connectivity index (χ1) is 9.11. The average Bonchev–Trinajstić information content (AvgIpc) is 2.70. The Labute approximate surface area is 112 Å². The molecule has 1 unspecified atom stereocenters. The Hall–Kier alpha value is -2.11. The largest absolute Gasteiger partial charge is 0.370 e. The fraction of sp³-hybridized carbons (Fsp3) is 0.462. The third kappa shape index (κ3) is 3.01. The Morgan fingerprint density at radius 2 is 2.00 bits per heavy atom. The van der Waals surface area contributed by atoms with Crippen LogP contribution < -0.4 is 10.6 Å². The van der Waals surface area contributed by atoms with Crippen LogP contribution in [0.15, 0.2) is 16.9 Å². The molecule has 0 saturated heterocycles. The topological polar surface area (TPSA) is 75.9 Å². The lowest BCUT2D eigenvalue weighted by Gasteiger charge is -2.14. The first kappa shape index (κ1) is 13.3. The van der Waals surface area contributed by atoms with Crippen LogP contribution in [-0.4, -0.2) is 21.7 Å². The molecule has 0 aliphatic carbocycles. The number of anilines is 2. The van der Waals surface area contributed by atoms with Gasteiger partial charge < -0.3 is 15.2 Å². The summed E-state index contributed by atoms with van der Waals surface area (Å²) in [4.78, 5) is 8.36. The average molecular weight is 261 g/mol. The lowest BCUT2D eigenvalue weighted by atomic mass is 10.1. The predicted octanol–water partition coefficient (Wildman–Crippen LogP) is 2.69. The van der Waals surface area contributed by atoms with Crippen LogP contribution in [-0.2, 0) is 0 Å². The van der Waals surface area contributed by atoms with Crippen molar-refractivity contribution in [2.45, 2.75) is 33.7 Å². The highest BCUT2D eigenvalue weighted by Gasteiger charge is 2.16. The van der Waals surface area contributed by atoms with Crippen LogP contribution in [0.3, 0.4) is 0 Å². The van der Waals surface area contributed by atoms with Crippen molar-refractivity contribution in [1.82, 2.24) is 15.1 Å². The first-order valence-corrected chi connectivity index (χ1v) is 6.37. The highest BCUT2D eigenvalue weighted by atomic mass is 16.5. The molecule has 0 aromatic carbocycles. The van der Waals surface area contributed by atoms with E-state index in [1.165, 1.54) is 0 Å². The van der Waals surface area contributed by atoms with Crippen molar-refractivity contribution < 1.29 is 4.52 Å². The number of hydrogen-bond donors (Lipinski definition) is 2. The number of nitrogens with zero attached hydrogens (tertiary/aromatic N) is 3. The van der Waals surface area contributed by atoms with E-state index in [1.54, 1.807) is 6.33 Å². The summed E-state index contributed by atoms with van der Waals surface area (Å²) in [5.74, 6) is 2.42. The number of aryl methyl sites for hydroxylation is 2. The van der Waals surface area contributed by atoms with Crippen LogP contribution in [0.5, 0.6) is 0 Å². The first-order valence-electron chi connectivity index (χ1n) is 6.37. The molecule has 0 aliphatic heterocycles. The second-order valence-electron chi connectivity index (χ2n) is 4.42. The van der Waals surface area contributed by atoms with Crippen molar-refractivity contribution in [3.05, 3.63) is 29.4 Å². The number of rotatable bonds is 5. The van der Waals surface area contributed by atoms with Gasteiger partial charge in [0.05, 0.1) is 11.7 Å². The fourth-order valence-electron chi connectivity index (χ4n) is 2.12. The highest BCUT2D eigenvalue weighted by Crippen LogP contribution is 2.24. The van der Waals surface area contributed by atoms with E-state index in [0.717, 1.165) is 35.2 Å². The normalized spacial score (nSPS) is 12.2. The Morgan fingerprint density at radius 1 is 1.26 bits per heavy atom. The molecule has 2 aromatic rings. The summed E-state index contributed by atoms with van der Waals surface area (Å²) < 4.78 is 5.18. The number of hydrogen-bond acceptors (Lipinski definition) is 6. The Balaban J connectivity index is 2.14. The van der Waals surface area contributed by atoms with Crippen molar-refractivity contribution in [3.63, 3.8) is 0 Å². The molecule has 2 N–H and O–H groups in total. The second kappa shape index (κ2) is 5.69. The van der Waals surface area contributed by atoms with E-state index in [9.17, 15) is 0 Å². The van der Waals surface area contributed by atoms with Crippen LogP contribution in [0.1, 0.15) is 36.9 Å². The smallest absolute Gasteiger partial charge is 0.139 e. The van der Waals surface area contributed by atoms with E-state index < -0.39 is 0 Å². The minimum atomic E-state index is 0.0793. The van der Waals surface area contributed by atoms with Crippen molar-refractivity contribution in [2.75, 3.05) is 17.2 Å². The molecule has 0 fully saturated rings. The summed E-state index contributed by atoms with van der Waals surface area (Å²) >= 11 is 0. The van der Waals surface area contributed by atoms with Crippen molar-refractivity contribution in [1.29, 1.82) is 0 Å². The molecular formula is C13H19N5O. The molecule has 6 nitrogen and oxygen atoms in total. The van der Waals surface area contributed by atoms with Gasteiger partial charge in [0.15, 0.2) is 0 Å². The molecule has 0 aliphatic rings. The molecule has 0 amide bonds. The summed E-state index contributed by atoms with van der Waals surface area (Å²) in [6.07, 6.45) is 1.54. The highest BCUT2D eigenvalue weighted by molar-refractivity contribution is 5.48. The van der Waals surface area contributed by atoms with Gasteiger partial charge in [-0.3, -0.25) is 0 Å². The fourth-order valence-corrected chi connectivity index (χ4v) is 2.12. The van der Waals surface area contributed by atoms with E-state index in [1.807, 2.05) is 26.8 Å². The van der Waals surface area contributed by atoms with Crippen LogP contribution in [0.4, 0.5) is 11.6 Å². The van der Waals surface area contributed by atoms with Gasteiger partial charge in [-0.1, -0.05) is 5.16 Å². The van der Waals surface area contributed by atoms with Gasteiger partial charge in [-0.25, -0.2) is 9.97 Å². The van der Waals surface area contributed by atoms with E-state index in [4.69, 9.17) is 4.52 Å². The second-order valence-corrected chi connectivity index (χ2v) is 4.42. The monoisotopic (exact) mass is 261 g/mol. The third-order valence-corrected chi connectivity index (χ3v) is 2.91. The Morgan fingerprint density at radius 3 is 2.63 bits per heavy atom. The van der Waals surface area contributed by atoms with Crippen molar-refractivity contribution in [2.24, 2.45) is 0 Å². The zero-order valence-electron chi connectivity index (χ0n) is 11.7. The summed E-state index contributed by atoms with van der Waals surface area (Å²) in [6.45, 7) is 8.77. The van der Waals surface area contributed by atoms with Crippen LogP contribution in [0.2, 0.25) is 0 Å². The molecule has 0 spiro atoms. The molecule has 19 heavy (non-hydrogen) atoms. The SMILES string of the molecule is CCNc1cc(NC(C)c2c(C)noc2C)ncn1. The van der Waals surface area contributed by atoms with Gasteiger partial charge in [0.2, 0.25) is 0 Å². The Kier molecular flexibility index (Phi) is 3.99. The van der Waals surface area contributed by atoms with Crippen LogP contribution >= 0.6 is 0 Å². The maximum absolute atomic E-state index is 5.18.